The lowest BCUT2D eigenvalue weighted by molar-refractivity contribution is -0.456. The van der Waals surface area contributed by atoms with Crippen molar-refractivity contribution in [1.29, 1.82) is 0 Å². The first-order chi connectivity index (χ1) is 6.85. The highest BCUT2D eigenvalue weighted by molar-refractivity contribution is 5.11. The summed E-state index contributed by atoms with van der Waals surface area (Å²) in [5.74, 6) is 1.03. The average molecular weight is 208 g/mol. The summed E-state index contributed by atoms with van der Waals surface area (Å²) in [6, 6.07) is 0.652. The number of hydrogen-bond acceptors (Lipinski definition) is 0. The quantitative estimate of drug-likeness (QED) is 0.686. The van der Waals surface area contributed by atoms with Gasteiger partial charge < -0.3 is 5.73 Å². The number of rotatable bonds is 1. The summed E-state index contributed by atoms with van der Waals surface area (Å²) in [6.45, 7) is 7.46. The van der Waals surface area contributed by atoms with Gasteiger partial charge in [0.05, 0.1) is 6.04 Å². The Morgan fingerprint density at radius 3 is 1.93 bits per heavy atom. The fourth-order valence-corrected chi connectivity index (χ4v) is 6.09. The monoisotopic (exact) mass is 208 g/mol. The minimum absolute atomic E-state index is 0.614. The second-order valence-electron chi connectivity index (χ2n) is 7.89. The van der Waals surface area contributed by atoms with Crippen molar-refractivity contribution in [3.05, 3.63) is 0 Å². The Kier molecular flexibility index (Phi) is 1.77. The van der Waals surface area contributed by atoms with Crippen LogP contribution in [0.25, 0.3) is 0 Å². The molecule has 4 aliphatic carbocycles. The third-order valence-corrected chi connectivity index (χ3v) is 5.71. The molecule has 5 atom stereocenters. The third-order valence-electron chi connectivity index (χ3n) is 5.71. The van der Waals surface area contributed by atoms with Gasteiger partial charge in [0.1, 0.15) is 0 Å². The summed E-state index contributed by atoms with van der Waals surface area (Å²) < 4.78 is 0. The predicted octanol–water partition coefficient (Wildman–Crippen LogP) is 2.61. The molecule has 4 saturated carbocycles. The predicted molar refractivity (Wildman–Crippen MR) is 62.2 cm³/mol. The van der Waals surface area contributed by atoms with E-state index in [9.17, 15) is 0 Å². The maximum Gasteiger partial charge on any atom is 0.0872 e. The molecular weight excluding hydrogens is 182 g/mol. The second kappa shape index (κ2) is 2.61. The molecule has 0 spiro atoms. The largest absolute Gasteiger partial charge is 0.355 e. The van der Waals surface area contributed by atoms with Crippen molar-refractivity contribution in [3.8, 4) is 0 Å². The zero-order valence-electron chi connectivity index (χ0n) is 10.6. The summed E-state index contributed by atoms with van der Waals surface area (Å²) in [5.41, 5.74) is 6.34. The Balaban J connectivity index is 2.02. The van der Waals surface area contributed by atoms with Crippen LogP contribution >= 0.6 is 0 Å². The fraction of sp³-hybridized carbons (Fsp3) is 1.00. The van der Waals surface area contributed by atoms with Crippen LogP contribution < -0.4 is 5.73 Å². The third kappa shape index (κ3) is 1.32. The van der Waals surface area contributed by atoms with Gasteiger partial charge >= 0.3 is 0 Å². The van der Waals surface area contributed by atoms with Gasteiger partial charge in [-0.25, -0.2) is 0 Å². The van der Waals surface area contributed by atoms with Gasteiger partial charge in [-0.05, 0) is 62.2 Å². The normalized spacial score (nSPS) is 59.6. The van der Waals surface area contributed by atoms with Crippen LogP contribution in [0.3, 0.4) is 0 Å². The molecule has 0 aromatic rings. The maximum atomic E-state index is 4.39. The molecule has 0 aromatic carbocycles. The molecule has 4 bridgehead atoms. The molecule has 3 N–H and O–H groups in total. The summed E-state index contributed by atoms with van der Waals surface area (Å²) >= 11 is 0. The lowest BCUT2D eigenvalue weighted by atomic mass is 9.39. The van der Waals surface area contributed by atoms with E-state index in [0.29, 0.717) is 22.3 Å². The van der Waals surface area contributed by atoms with Crippen molar-refractivity contribution in [2.75, 3.05) is 0 Å². The molecule has 4 aliphatic rings. The highest BCUT2D eigenvalue weighted by Crippen LogP contribution is 2.69. The molecular formula is C14H26N+. The minimum atomic E-state index is 0.614. The van der Waals surface area contributed by atoms with Crippen molar-refractivity contribution >= 4 is 0 Å². The van der Waals surface area contributed by atoms with E-state index in [-0.39, 0.29) is 0 Å². The summed E-state index contributed by atoms with van der Waals surface area (Å²) in [5, 5.41) is 0. The lowest BCUT2D eigenvalue weighted by Crippen LogP contribution is -2.72. The molecule has 0 radical (unpaired) electrons. The summed E-state index contributed by atoms with van der Waals surface area (Å²) in [4.78, 5) is 0. The lowest BCUT2D eigenvalue weighted by Gasteiger charge is -2.65. The van der Waals surface area contributed by atoms with E-state index in [2.05, 4.69) is 26.5 Å². The van der Waals surface area contributed by atoms with E-state index in [4.69, 9.17) is 0 Å². The Hall–Kier alpha value is -0.0400. The van der Waals surface area contributed by atoms with E-state index in [1.807, 2.05) is 0 Å². The molecule has 1 nitrogen and oxygen atoms in total. The molecule has 0 heterocycles. The van der Waals surface area contributed by atoms with Gasteiger partial charge in [-0.15, -0.1) is 0 Å². The minimum Gasteiger partial charge on any atom is -0.355 e. The molecule has 0 saturated heterocycles. The van der Waals surface area contributed by atoms with E-state index < -0.39 is 0 Å². The van der Waals surface area contributed by atoms with Gasteiger partial charge in [0.2, 0.25) is 0 Å². The summed E-state index contributed by atoms with van der Waals surface area (Å²) in [7, 11) is 0. The van der Waals surface area contributed by atoms with Crippen molar-refractivity contribution < 1.29 is 5.73 Å². The van der Waals surface area contributed by atoms with E-state index in [1.54, 1.807) is 0 Å². The van der Waals surface area contributed by atoms with E-state index in [0.717, 1.165) is 5.92 Å². The van der Waals surface area contributed by atoms with Gasteiger partial charge in [-0.1, -0.05) is 13.8 Å². The molecule has 0 amide bonds. The van der Waals surface area contributed by atoms with Crippen LogP contribution in [0.4, 0.5) is 0 Å². The zero-order chi connectivity index (χ0) is 10.9. The topological polar surface area (TPSA) is 27.6 Å². The molecule has 15 heavy (non-hydrogen) atoms. The Morgan fingerprint density at radius 1 is 1.00 bits per heavy atom. The van der Waals surface area contributed by atoms with Gasteiger partial charge in [-0.3, -0.25) is 0 Å². The van der Waals surface area contributed by atoms with E-state index >= 15 is 0 Å². The average Bonchev–Trinajstić information content (AvgIpc) is 1.95. The Labute approximate surface area is 93.8 Å². The standard InChI is InChI=1S/C14H25N/c1-10(15)14-6-11-4-12(2,8-14)7-13(3,5-11)9-14/h10-11H,4-9,15H2,1-3H3/p+1/t10-,11?,12-,13+,14?/m0/s1. The van der Waals surface area contributed by atoms with Crippen LogP contribution in [-0.4, -0.2) is 6.04 Å². The van der Waals surface area contributed by atoms with Gasteiger partial charge in [0, 0.05) is 5.41 Å². The molecule has 2 unspecified atom stereocenters. The molecule has 4 fully saturated rings. The summed E-state index contributed by atoms with van der Waals surface area (Å²) in [6.07, 6.45) is 8.94. The van der Waals surface area contributed by atoms with Crippen molar-refractivity contribution in [2.45, 2.75) is 65.3 Å². The molecule has 0 aromatic heterocycles. The van der Waals surface area contributed by atoms with Crippen LogP contribution in [0.2, 0.25) is 0 Å². The molecule has 86 valence electrons. The first kappa shape index (κ1) is 10.1. The van der Waals surface area contributed by atoms with Crippen LogP contribution in [0, 0.1) is 22.2 Å². The first-order valence-electron chi connectivity index (χ1n) is 6.68. The SMILES string of the molecule is C[C@H]([NH3+])C12CC3C[C@@](C)(C1)C[C@](C)(C3)C2. The molecule has 0 aliphatic heterocycles. The Morgan fingerprint density at radius 2 is 1.53 bits per heavy atom. The smallest absolute Gasteiger partial charge is 0.0872 e. The van der Waals surface area contributed by atoms with Gasteiger partial charge in [0.15, 0.2) is 0 Å². The second-order valence-corrected chi connectivity index (χ2v) is 7.89. The van der Waals surface area contributed by atoms with E-state index in [1.165, 1.54) is 38.5 Å². The van der Waals surface area contributed by atoms with Crippen LogP contribution in [0.1, 0.15) is 59.3 Å². The molecule has 4 rings (SSSR count). The maximum absolute atomic E-state index is 4.39. The fourth-order valence-electron chi connectivity index (χ4n) is 6.09. The van der Waals surface area contributed by atoms with Crippen molar-refractivity contribution in [3.63, 3.8) is 0 Å². The van der Waals surface area contributed by atoms with Crippen molar-refractivity contribution in [1.82, 2.24) is 0 Å². The zero-order valence-corrected chi connectivity index (χ0v) is 10.6. The van der Waals surface area contributed by atoms with Crippen molar-refractivity contribution in [2.24, 2.45) is 22.2 Å². The number of quaternary nitrogens is 1. The number of hydrogen-bond donors (Lipinski definition) is 1. The van der Waals surface area contributed by atoms with Crippen LogP contribution in [0.5, 0.6) is 0 Å². The highest BCUT2D eigenvalue weighted by atomic mass is 14.7. The molecule has 1 heteroatoms. The first-order valence-corrected chi connectivity index (χ1v) is 6.68. The van der Waals surface area contributed by atoms with Gasteiger partial charge in [0.25, 0.3) is 0 Å². The van der Waals surface area contributed by atoms with Gasteiger partial charge in [-0.2, -0.15) is 0 Å². The van der Waals surface area contributed by atoms with Crippen LogP contribution in [0.15, 0.2) is 0 Å². The van der Waals surface area contributed by atoms with Crippen LogP contribution in [-0.2, 0) is 0 Å². The highest BCUT2D eigenvalue weighted by Gasteiger charge is 2.61. The Bertz CT molecular complexity index is 276.